The molecule has 1 aromatic rings. The molecule has 0 spiro atoms. The van der Waals surface area contributed by atoms with E-state index in [0.717, 1.165) is 24.9 Å². The molecule has 0 aliphatic carbocycles. The molecule has 1 atom stereocenters. The van der Waals surface area contributed by atoms with Gasteiger partial charge in [0.05, 0.1) is 6.42 Å². The molecule has 0 heterocycles. The maximum Gasteiger partial charge on any atom is 0.321 e. The fourth-order valence-corrected chi connectivity index (χ4v) is 2.14. The van der Waals surface area contributed by atoms with Gasteiger partial charge in [0.15, 0.2) is 0 Å². The van der Waals surface area contributed by atoms with Crippen LogP contribution in [0.2, 0.25) is 0 Å². The van der Waals surface area contributed by atoms with Gasteiger partial charge in [-0.05, 0) is 37.2 Å². The smallest absolute Gasteiger partial charge is 0.321 e. The molecule has 0 radical (unpaired) electrons. The average molecular weight is 321 g/mol. The van der Waals surface area contributed by atoms with Crippen LogP contribution >= 0.6 is 0 Å². The lowest BCUT2D eigenvalue weighted by Crippen LogP contribution is -2.40. The van der Waals surface area contributed by atoms with Gasteiger partial charge in [0, 0.05) is 25.5 Å². The van der Waals surface area contributed by atoms with Gasteiger partial charge in [-0.1, -0.05) is 19.8 Å². The average Bonchev–Trinajstić information content (AvgIpc) is 2.50. The monoisotopic (exact) mass is 321 g/mol. The third-order valence-electron chi connectivity index (χ3n) is 3.53. The molecule has 0 aliphatic heterocycles. The minimum absolute atomic E-state index is 0.0864. The Balaban J connectivity index is 2.49. The minimum Gasteiger partial charge on any atom is -0.480 e. The van der Waals surface area contributed by atoms with E-state index in [1.807, 2.05) is 31.1 Å². The fraction of sp³-hybridized carbons (Fsp3) is 0.529. The van der Waals surface area contributed by atoms with E-state index < -0.39 is 12.0 Å². The normalized spacial score (nSPS) is 11.8. The van der Waals surface area contributed by atoms with Crippen molar-refractivity contribution in [2.24, 2.45) is 0 Å². The number of carboxylic acids is 1. The standard InChI is InChI=1S/C17H27N3O3/c1-4-5-6-11-18-15(17(22)23)12-16(21)19-13-7-9-14(10-8-13)20(2)3/h7-10,15,18H,4-6,11-12H2,1-3H3,(H,19,21)(H,22,23). The van der Waals surface area contributed by atoms with Crippen LogP contribution in [0.4, 0.5) is 11.4 Å². The second-order valence-corrected chi connectivity index (χ2v) is 5.75. The summed E-state index contributed by atoms with van der Waals surface area (Å²) in [5.74, 6) is -1.31. The maximum absolute atomic E-state index is 12.0. The highest BCUT2D eigenvalue weighted by molar-refractivity contribution is 5.94. The first-order valence-electron chi connectivity index (χ1n) is 7.97. The molecule has 1 aromatic carbocycles. The molecule has 0 fully saturated rings. The number of carbonyl (C=O) groups is 2. The summed E-state index contributed by atoms with van der Waals surface area (Å²) in [6.07, 6.45) is 2.94. The number of rotatable bonds is 10. The van der Waals surface area contributed by atoms with E-state index in [-0.39, 0.29) is 12.3 Å². The lowest BCUT2D eigenvalue weighted by Gasteiger charge is -2.15. The van der Waals surface area contributed by atoms with Crippen LogP contribution in [-0.2, 0) is 9.59 Å². The molecule has 1 unspecified atom stereocenters. The molecule has 3 N–H and O–H groups in total. The Bertz CT molecular complexity index is 500. The number of benzene rings is 1. The first-order chi connectivity index (χ1) is 10.9. The van der Waals surface area contributed by atoms with Crippen LogP contribution in [0.25, 0.3) is 0 Å². The van der Waals surface area contributed by atoms with Gasteiger partial charge in [0.25, 0.3) is 0 Å². The predicted molar refractivity (Wildman–Crippen MR) is 93.0 cm³/mol. The zero-order valence-corrected chi connectivity index (χ0v) is 14.1. The van der Waals surface area contributed by atoms with E-state index in [1.165, 1.54) is 0 Å². The summed E-state index contributed by atoms with van der Waals surface area (Å²) >= 11 is 0. The van der Waals surface area contributed by atoms with Crippen molar-refractivity contribution in [3.8, 4) is 0 Å². The first-order valence-corrected chi connectivity index (χ1v) is 7.97. The molecule has 6 nitrogen and oxygen atoms in total. The van der Waals surface area contributed by atoms with Crippen molar-refractivity contribution in [3.05, 3.63) is 24.3 Å². The topological polar surface area (TPSA) is 81.7 Å². The van der Waals surface area contributed by atoms with Gasteiger partial charge >= 0.3 is 5.97 Å². The Hall–Kier alpha value is -2.08. The molecular formula is C17H27N3O3. The second-order valence-electron chi connectivity index (χ2n) is 5.75. The molecule has 1 rings (SSSR count). The molecule has 0 aromatic heterocycles. The van der Waals surface area contributed by atoms with Gasteiger partial charge in [-0.15, -0.1) is 0 Å². The summed E-state index contributed by atoms with van der Waals surface area (Å²) in [7, 11) is 3.88. The number of carbonyl (C=O) groups excluding carboxylic acids is 1. The third-order valence-corrected chi connectivity index (χ3v) is 3.53. The van der Waals surface area contributed by atoms with Crippen LogP contribution in [0.3, 0.4) is 0 Å². The molecule has 0 bridgehead atoms. The number of unbranched alkanes of at least 4 members (excludes halogenated alkanes) is 2. The molecule has 0 saturated carbocycles. The maximum atomic E-state index is 12.0. The highest BCUT2D eigenvalue weighted by Gasteiger charge is 2.20. The van der Waals surface area contributed by atoms with Gasteiger partial charge in [0.2, 0.25) is 5.91 Å². The summed E-state index contributed by atoms with van der Waals surface area (Å²) in [5, 5.41) is 14.9. The molecule has 0 saturated heterocycles. The van der Waals surface area contributed by atoms with Crippen molar-refractivity contribution in [2.75, 3.05) is 30.9 Å². The molecule has 23 heavy (non-hydrogen) atoms. The Labute approximate surface area is 137 Å². The summed E-state index contributed by atoms with van der Waals surface area (Å²) < 4.78 is 0. The van der Waals surface area contributed by atoms with Crippen molar-refractivity contribution in [1.82, 2.24) is 5.32 Å². The van der Waals surface area contributed by atoms with E-state index in [0.29, 0.717) is 12.2 Å². The second kappa shape index (κ2) is 9.84. The highest BCUT2D eigenvalue weighted by Crippen LogP contribution is 2.15. The number of aliphatic carboxylic acids is 1. The van der Waals surface area contributed by atoms with Crippen molar-refractivity contribution in [1.29, 1.82) is 0 Å². The number of nitrogens with one attached hydrogen (secondary N) is 2. The highest BCUT2D eigenvalue weighted by atomic mass is 16.4. The summed E-state index contributed by atoms with van der Waals surface area (Å²) in [6.45, 7) is 2.69. The summed E-state index contributed by atoms with van der Waals surface area (Å²) in [5.41, 5.74) is 1.69. The Kier molecular flexibility index (Phi) is 8.11. The molecule has 6 heteroatoms. The van der Waals surface area contributed by atoms with E-state index >= 15 is 0 Å². The van der Waals surface area contributed by atoms with Crippen LogP contribution in [0.5, 0.6) is 0 Å². The number of anilines is 2. The van der Waals surface area contributed by atoms with E-state index in [2.05, 4.69) is 17.6 Å². The molecule has 128 valence electrons. The van der Waals surface area contributed by atoms with E-state index in [1.54, 1.807) is 12.1 Å². The molecule has 1 amide bonds. The van der Waals surface area contributed by atoms with Crippen LogP contribution in [-0.4, -0.2) is 43.7 Å². The third kappa shape index (κ3) is 7.15. The number of hydrogen-bond donors (Lipinski definition) is 3. The Morgan fingerprint density at radius 1 is 1.17 bits per heavy atom. The fourth-order valence-electron chi connectivity index (χ4n) is 2.14. The van der Waals surface area contributed by atoms with Gasteiger partial charge in [-0.2, -0.15) is 0 Å². The van der Waals surface area contributed by atoms with Gasteiger partial charge in [-0.25, -0.2) is 0 Å². The lowest BCUT2D eigenvalue weighted by atomic mass is 10.1. The van der Waals surface area contributed by atoms with Crippen molar-refractivity contribution >= 4 is 23.3 Å². The largest absolute Gasteiger partial charge is 0.480 e. The van der Waals surface area contributed by atoms with Crippen molar-refractivity contribution in [2.45, 2.75) is 38.6 Å². The van der Waals surface area contributed by atoms with Crippen molar-refractivity contribution < 1.29 is 14.7 Å². The Morgan fingerprint density at radius 3 is 2.35 bits per heavy atom. The van der Waals surface area contributed by atoms with E-state index in [9.17, 15) is 14.7 Å². The first kappa shape index (κ1) is 19.0. The number of amides is 1. The quantitative estimate of drug-likeness (QED) is 0.576. The SMILES string of the molecule is CCCCCNC(CC(=O)Nc1ccc(N(C)C)cc1)C(=O)O. The van der Waals surface area contributed by atoms with Gasteiger partial charge < -0.3 is 20.6 Å². The van der Waals surface area contributed by atoms with Crippen LogP contribution in [0, 0.1) is 0 Å². The number of carboxylic acid groups (broad SMARTS) is 1. The van der Waals surface area contributed by atoms with Crippen LogP contribution in [0.1, 0.15) is 32.6 Å². The zero-order valence-electron chi connectivity index (χ0n) is 14.1. The summed E-state index contributed by atoms with van der Waals surface area (Å²) in [6, 6.07) is 6.54. The van der Waals surface area contributed by atoms with Gasteiger partial charge in [0.1, 0.15) is 6.04 Å². The zero-order chi connectivity index (χ0) is 17.2. The Morgan fingerprint density at radius 2 is 1.83 bits per heavy atom. The molecular weight excluding hydrogens is 294 g/mol. The lowest BCUT2D eigenvalue weighted by molar-refractivity contribution is -0.141. The number of nitrogens with zero attached hydrogens (tertiary/aromatic N) is 1. The van der Waals surface area contributed by atoms with E-state index in [4.69, 9.17) is 0 Å². The van der Waals surface area contributed by atoms with Crippen LogP contribution in [0.15, 0.2) is 24.3 Å². The van der Waals surface area contributed by atoms with Crippen molar-refractivity contribution in [3.63, 3.8) is 0 Å². The summed E-state index contributed by atoms with van der Waals surface area (Å²) in [4.78, 5) is 25.2. The minimum atomic E-state index is -1.00. The van der Waals surface area contributed by atoms with Gasteiger partial charge in [-0.3, -0.25) is 9.59 Å². The molecule has 0 aliphatic rings. The number of hydrogen-bond acceptors (Lipinski definition) is 4. The van der Waals surface area contributed by atoms with Crippen LogP contribution < -0.4 is 15.5 Å². The predicted octanol–water partition coefficient (Wildman–Crippen LogP) is 2.31.